The van der Waals surface area contributed by atoms with Crippen molar-refractivity contribution in [3.63, 3.8) is 0 Å². The molecule has 0 fully saturated rings. The Balaban J connectivity index is 1.62. The molecule has 31 heavy (non-hydrogen) atoms. The second kappa shape index (κ2) is 9.36. The number of para-hydroxylation sites is 1. The van der Waals surface area contributed by atoms with Gasteiger partial charge < -0.3 is 9.73 Å². The first-order chi connectivity index (χ1) is 14.6. The Morgan fingerprint density at radius 1 is 1.13 bits per heavy atom. The molecule has 9 heteroatoms. The van der Waals surface area contributed by atoms with Gasteiger partial charge in [0.2, 0.25) is 5.91 Å². The number of amides is 1. The Bertz CT molecular complexity index is 1160. The number of alkyl halides is 3. The topological polar surface area (TPSA) is 54.3 Å². The van der Waals surface area contributed by atoms with Gasteiger partial charge in [-0.25, -0.2) is 0 Å². The van der Waals surface area contributed by atoms with Crippen LogP contribution in [0.3, 0.4) is 0 Å². The Morgan fingerprint density at radius 3 is 2.58 bits per heavy atom. The van der Waals surface area contributed by atoms with Crippen LogP contribution >= 0.6 is 23.8 Å². The summed E-state index contributed by atoms with van der Waals surface area (Å²) < 4.78 is 44.8. The number of rotatable bonds is 4. The van der Waals surface area contributed by atoms with E-state index in [0.29, 0.717) is 16.5 Å². The van der Waals surface area contributed by atoms with E-state index in [1.54, 1.807) is 18.2 Å². The minimum Gasteiger partial charge on any atom is -0.457 e. The van der Waals surface area contributed by atoms with Gasteiger partial charge >= 0.3 is 6.18 Å². The van der Waals surface area contributed by atoms with Crippen LogP contribution < -0.4 is 10.6 Å². The molecule has 0 saturated heterocycles. The van der Waals surface area contributed by atoms with Crippen molar-refractivity contribution < 1.29 is 22.4 Å². The third kappa shape index (κ3) is 5.96. The van der Waals surface area contributed by atoms with Crippen molar-refractivity contribution in [2.75, 3.05) is 5.32 Å². The minimum atomic E-state index is -4.55. The van der Waals surface area contributed by atoms with E-state index in [-0.39, 0.29) is 10.8 Å². The maximum absolute atomic E-state index is 13.0. The first kappa shape index (κ1) is 22.6. The summed E-state index contributed by atoms with van der Waals surface area (Å²) in [5.41, 5.74) is 0.586. The van der Waals surface area contributed by atoms with E-state index in [9.17, 15) is 18.0 Å². The van der Waals surface area contributed by atoms with Crippen molar-refractivity contribution >= 4 is 46.6 Å². The molecule has 4 nitrogen and oxygen atoms in total. The van der Waals surface area contributed by atoms with Crippen LogP contribution in [0.2, 0.25) is 5.02 Å². The number of anilines is 1. The molecule has 3 rings (SSSR count). The summed E-state index contributed by atoms with van der Waals surface area (Å²) in [6.45, 7) is 1.89. The van der Waals surface area contributed by atoms with Gasteiger partial charge in [0.25, 0.3) is 0 Å². The average molecular weight is 465 g/mol. The molecule has 2 aromatic carbocycles. The second-order valence-corrected chi connectivity index (χ2v) is 7.30. The van der Waals surface area contributed by atoms with Crippen LogP contribution in [-0.2, 0) is 11.0 Å². The number of aryl methyl sites for hydroxylation is 1. The maximum Gasteiger partial charge on any atom is 0.418 e. The van der Waals surface area contributed by atoms with Gasteiger partial charge in [0.05, 0.1) is 11.3 Å². The van der Waals surface area contributed by atoms with Crippen molar-refractivity contribution in [2.24, 2.45) is 0 Å². The Kier molecular flexibility index (Phi) is 6.82. The quantitative estimate of drug-likeness (QED) is 0.344. The summed E-state index contributed by atoms with van der Waals surface area (Å²) in [5.74, 6) is 0.351. The van der Waals surface area contributed by atoms with Crippen molar-refractivity contribution in [3.8, 4) is 11.3 Å². The van der Waals surface area contributed by atoms with Crippen LogP contribution in [-0.4, -0.2) is 11.0 Å². The number of carbonyl (C=O) groups is 1. The molecule has 0 aliphatic heterocycles. The van der Waals surface area contributed by atoms with Crippen molar-refractivity contribution in [1.29, 1.82) is 0 Å². The number of carbonyl (C=O) groups excluding carboxylic acids is 1. The monoisotopic (exact) mass is 464 g/mol. The zero-order valence-electron chi connectivity index (χ0n) is 16.1. The van der Waals surface area contributed by atoms with Crippen molar-refractivity contribution in [3.05, 3.63) is 82.6 Å². The SMILES string of the molecule is Cc1ccc(-c2ccc(/C=C/C(=O)NC(=S)Nc3ccccc3C(F)(F)F)o2)cc1Cl. The van der Waals surface area contributed by atoms with Gasteiger partial charge in [0, 0.05) is 16.7 Å². The second-order valence-electron chi connectivity index (χ2n) is 6.49. The zero-order valence-corrected chi connectivity index (χ0v) is 17.7. The molecule has 1 amide bonds. The lowest BCUT2D eigenvalue weighted by Gasteiger charge is -2.14. The lowest BCUT2D eigenvalue weighted by atomic mass is 10.1. The molecular formula is C22H16ClF3N2O2S. The third-order valence-corrected chi connectivity index (χ3v) is 4.81. The van der Waals surface area contributed by atoms with E-state index in [2.05, 4.69) is 10.6 Å². The van der Waals surface area contributed by atoms with Crippen LogP contribution in [0.1, 0.15) is 16.9 Å². The summed E-state index contributed by atoms with van der Waals surface area (Å²) >= 11 is 11.1. The normalized spacial score (nSPS) is 11.5. The van der Waals surface area contributed by atoms with Crippen molar-refractivity contribution in [2.45, 2.75) is 13.1 Å². The predicted octanol–water partition coefficient (Wildman–Crippen LogP) is 6.45. The zero-order chi connectivity index (χ0) is 22.6. The number of furan rings is 1. The fourth-order valence-corrected chi connectivity index (χ4v) is 3.04. The summed E-state index contributed by atoms with van der Waals surface area (Å²) in [7, 11) is 0. The summed E-state index contributed by atoms with van der Waals surface area (Å²) in [6.07, 6.45) is -1.98. The third-order valence-electron chi connectivity index (χ3n) is 4.20. The van der Waals surface area contributed by atoms with Gasteiger partial charge in [0.15, 0.2) is 5.11 Å². The van der Waals surface area contributed by atoms with E-state index >= 15 is 0 Å². The van der Waals surface area contributed by atoms with Crippen LogP contribution in [0.5, 0.6) is 0 Å². The number of hydrogen-bond acceptors (Lipinski definition) is 3. The van der Waals surface area contributed by atoms with E-state index in [4.69, 9.17) is 28.2 Å². The molecule has 0 saturated carbocycles. The fraction of sp³-hybridized carbons (Fsp3) is 0.0909. The number of nitrogens with one attached hydrogen (secondary N) is 2. The Morgan fingerprint density at radius 2 is 1.87 bits per heavy atom. The van der Waals surface area contributed by atoms with Crippen LogP contribution in [0, 0.1) is 6.92 Å². The smallest absolute Gasteiger partial charge is 0.418 e. The highest BCUT2D eigenvalue weighted by Gasteiger charge is 2.33. The highest BCUT2D eigenvalue weighted by Crippen LogP contribution is 2.34. The Labute approximate surface area is 186 Å². The molecule has 0 aliphatic carbocycles. The molecular weight excluding hydrogens is 449 g/mol. The number of thiocarbonyl (C=S) groups is 1. The fourth-order valence-electron chi connectivity index (χ4n) is 2.65. The highest BCUT2D eigenvalue weighted by atomic mass is 35.5. The van der Waals surface area contributed by atoms with Gasteiger partial charge in [0.1, 0.15) is 11.5 Å². The van der Waals surface area contributed by atoms with E-state index in [1.807, 2.05) is 19.1 Å². The Hall–Kier alpha value is -3.10. The molecule has 0 unspecified atom stereocenters. The highest BCUT2D eigenvalue weighted by molar-refractivity contribution is 7.80. The van der Waals surface area contributed by atoms with E-state index in [1.165, 1.54) is 24.3 Å². The molecule has 160 valence electrons. The standard InChI is InChI=1S/C22H16ClF3N2O2S/c1-13-6-7-14(12-17(13)23)19-10-8-15(30-19)9-11-20(29)28-21(31)27-18-5-3-2-4-16(18)22(24,25)26/h2-12H,1H3,(H2,27,28,29,31)/b11-9+. The van der Waals surface area contributed by atoms with E-state index in [0.717, 1.165) is 23.3 Å². The molecule has 1 heterocycles. The number of benzene rings is 2. The maximum atomic E-state index is 13.0. The molecule has 0 bridgehead atoms. The number of halogens is 4. The van der Waals surface area contributed by atoms with Crippen LogP contribution in [0.4, 0.5) is 18.9 Å². The predicted molar refractivity (Wildman–Crippen MR) is 119 cm³/mol. The van der Waals surface area contributed by atoms with Gasteiger partial charge in [-0.2, -0.15) is 13.2 Å². The lowest BCUT2D eigenvalue weighted by Crippen LogP contribution is -2.33. The molecule has 2 N–H and O–H groups in total. The lowest BCUT2D eigenvalue weighted by molar-refractivity contribution is -0.136. The average Bonchev–Trinajstić information content (AvgIpc) is 3.17. The molecule has 3 aromatic rings. The minimum absolute atomic E-state index is 0.253. The van der Waals surface area contributed by atoms with Crippen molar-refractivity contribution in [1.82, 2.24) is 5.32 Å². The summed E-state index contributed by atoms with van der Waals surface area (Å²) in [4.78, 5) is 12.1. The van der Waals surface area contributed by atoms with Crippen LogP contribution in [0.25, 0.3) is 17.4 Å². The summed E-state index contributed by atoms with van der Waals surface area (Å²) in [6, 6.07) is 13.7. The van der Waals surface area contributed by atoms with Gasteiger partial charge in [-0.3, -0.25) is 10.1 Å². The molecule has 0 spiro atoms. The molecule has 0 atom stereocenters. The first-order valence-corrected chi connectivity index (χ1v) is 9.75. The molecule has 0 radical (unpaired) electrons. The largest absolute Gasteiger partial charge is 0.457 e. The van der Waals surface area contributed by atoms with Gasteiger partial charge in [-0.15, -0.1) is 0 Å². The first-order valence-electron chi connectivity index (χ1n) is 8.96. The van der Waals surface area contributed by atoms with E-state index < -0.39 is 17.6 Å². The summed E-state index contributed by atoms with van der Waals surface area (Å²) in [5, 5.41) is 5.04. The van der Waals surface area contributed by atoms with Gasteiger partial charge in [-0.05, 0) is 61.1 Å². The molecule has 0 aliphatic rings. The molecule has 1 aromatic heterocycles. The number of hydrogen-bond donors (Lipinski definition) is 2. The van der Waals surface area contributed by atoms with Crippen LogP contribution in [0.15, 0.2) is 65.1 Å². The van der Waals surface area contributed by atoms with Gasteiger partial charge in [-0.1, -0.05) is 35.9 Å².